The van der Waals surface area contributed by atoms with Crippen LogP contribution >= 0.6 is 20.1 Å². The smallest absolute Gasteiger partial charge is 0.411 e. The summed E-state index contributed by atoms with van der Waals surface area (Å²) in [6, 6.07) is 0. The summed E-state index contributed by atoms with van der Waals surface area (Å²) in [5.41, 5.74) is 0. The molecule has 12 heavy (non-hydrogen) atoms. The Morgan fingerprint density at radius 2 is 1.58 bits per heavy atom. The molecule has 0 aromatic rings. The van der Waals surface area contributed by atoms with Gasteiger partial charge in [-0.25, -0.2) is 0 Å². The van der Waals surface area contributed by atoms with Crippen molar-refractivity contribution in [3.8, 4) is 0 Å². The third-order valence-electron chi connectivity index (χ3n) is 1.07. The van der Waals surface area contributed by atoms with Crippen LogP contribution in [-0.2, 0) is 35.0 Å². The minimum Gasteiger partial charge on any atom is -0.411 e. The van der Waals surface area contributed by atoms with Gasteiger partial charge >= 0.3 is 22.4 Å². The second-order valence-electron chi connectivity index (χ2n) is 2.72. The van der Waals surface area contributed by atoms with Gasteiger partial charge in [0, 0.05) is 27.4 Å². The van der Waals surface area contributed by atoms with Gasteiger partial charge in [0.25, 0.3) is 0 Å². The second kappa shape index (κ2) is 12.3. The fourth-order valence-electron chi connectivity index (χ4n) is 0. The molecule has 0 fully saturated rings. The maximum atomic E-state index is 4.56. The molecule has 0 aromatic heterocycles. The van der Waals surface area contributed by atoms with Crippen molar-refractivity contribution in [2.24, 2.45) is 0 Å². The largest absolute Gasteiger partial charge is 1.00 e. The molecule has 0 amide bonds. The maximum absolute atomic E-state index is 4.56. The standard InChI is InChI=1S/C4H11P.C3H7NS2.Au/c1-4-5(2)3;1-4(2)3(5)6;/h4H2,1-3H3;1-2H3,(H,5,6);/q;;+1. The van der Waals surface area contributed by atoms with Crippen molar-refractivity contribution in [1.29, 1.82) is 0 Å². The predicted molar refractivity (Wildman–Crippen MR) is 64.4 cm³/mol. The summed E-state index contributed by atoms with van der Waals surface area (Å²) >= 11 is 9.12. The van der Waals surface area contributed by atoms with Crippen LogP contribution < -0.4 is 0 Å². The first-order chi connectivity index (χ1) is 4.91. The van der Waals surface area contributed by atoms with Crippen molar-refractivity contribution in [3.63, 3.8) is 0 Å². The molecular formula is C7H18AuNPS2+. The summed E-state index contributed by atoms with van der Waals surface area (Å²) in [4.78, 5) is 1.71. The number of thiocarbonyl (C=S) groups is 1. The summed E-state index contributed by atoms with van der Waals surface area (Å²) in [5, 5.41) is 0. The van der Waals surface area contributed by atoms with E-state index in [2.05, 4.69) is 45.1 Å². The zero-order valence-electron chi connectivity index (χ0n) is 8.27. The summed E-state index contributed by atoms with van der Waals surface area (Å²) < 4.78 is 0.509. The van der Waals surface area contributed by atoms with Crippen LogP contribution in [0.15, 0.2) is 0 Å². The van der Waals surface area contributed by atoms with Gasteiger partial charge in [-0.3, -0.25) is 0 Å². The van der Waals surface area contributed by atoms with Crippen molar-refractivity contribution < 1.29 is 22.4 Å². The Hall–Kier alpha value is 1.28. The van der Waals surface area contributed by atoms with Gasteiger partial charge in [0.05, 0.1) is 6.16 Å². The molecular weight excluding hydrogens is 390 g/mol. The molecule has 0 unspecified atom stereocenters. The Balaban J connectivity index is -0.000000126. The van der Waals surface area contributed by atoms with Gasteiger partial charge in [0.1, 0.15) is 0 Å². The van der Waals surface area contributed by atoms with Crippen LogP contribution in [0.4, 0.5) is 0 Å². The monoisotopic (exact) mass is 408 g/mol. The molecule has 0 N–H and O–H groups in total. The molecule has 5 heteroatoms. The van der Waals surface area contributed by atoms with E-state index in [4.69, 9.17) is 0 Å². The van der Waals surface area contributed by atoms with E-state index in [-0.39, 0.29) is 30.3 Å². The fraction of sp³-hybridized carbons (Fsp3) is 0.857. The van der Waals surface area contributed by atoms with Crippen LogP contribution in [0, 0.1) is 0 Å². The average Bonchev–Trinajstić information content (AvgIpc) is 1.89. The Kier molecular flexibility index (Phi) is 19.4. The normalized spacial score (nSPS) is 7.83. The molecule has 78 valence electrons. The molecule has 0 bridgehead atoms. The zero-order valence-corrected chi connectivity index (χ0v) is 13.1. The number of rotatable bonds is 1. The predicted octanol–water partition coefficient (Wildman–Crippen LogP) is 1.86. The Morgan fingerprint density at radius 1 is 1.42 bits per heavy atom. The van der Waals surface area contributed by atoms with Gasteiger partial charge in [-0.2, -0.15) is 0 Å². The second-order valence-corrected chi connectivity index (χ2v) is 6.87. The summed E-state index contributed by atoms with van der Waals surface area (Å²) in [6.45, 7) is 6.89. The molecule has 0 saturated carbocycles. The maximum Gasteiger partial charge on any atom is 1.00 e. The van der Waals surface area contributed by atoms with E-state index in [9.17, 15) is 0 Å². The van der Waals surface area contributed by atoms with E-state index in [1.165, 1.54) is 6.16 Å². The fourth-order valence-corrected chi connectivity index (χ4v) is 0. The molecule has 0 saturated heterocycles. The van der Waals surface area contributed by atoms with E-state index in [0.717, 1.165) is 0 Å². The molecule has 0 atom stereocenters. The third-order valence-corrected chi connectivity index (χ3v) is 3.22. The van der Waals surface area contributed by atoms with Crippen LogP contribution in [-0.4, -0.2) is 42.8 Å². The van der Waals surface area contributed by atoms with Crippen LogP contribution in [0.5, 0.6) is 0 Å². The molecule has 0 aromatic carbocycles. The topological polar surface area (TPSA) is 3.24 Å². The molecule has 0 heterocycles. The Morgan fingerprint density at radius 3 is 1.58 bits per heavy atom. The molecule has 0 aliphatic carbocycles. The Bertz CT molecular complexity index is 110. The minimum absolute atomic E-state index is 0. The van der Waals surface area contributed by atoms with Gasteiger partial charge in [-0.05, 0) is 14.8 Å². The average molecular weight is 408 g/mol. The van der Waals surface area contributed by atoms with Crippen LogP contribution in [0.2, 0.25) is 0 Å². The summed E-state index contributed by atoms with van der Waals surface area (Å²) in [6.07, 6.45) is 1.41. The molecule has 0 aliphatic rings. The van der Waals surface area contributed by atoms with Gasteiger partial charge in [0.15, 0.2) is 0 Å². The molecule has 0 rings (SSSR count). The van der Waals surface area contributed by atoms with E-state index < -0.39 is 0 Å². The number of hydrogen-bond acceptors (Lipinski definition) is 2. The summed E-state index contributed by atoms with van der Waals surface area (Å²) in [7, 11) is 3.78. The first kappa shape index (κ1) is 19.0. The van der Waals surface area contributed by atoms with E-state index >= 15 is 0 Å². The van der Waals surface area contributed by atoms with Crippen molar-refractivity contribution >= 4 is 37.1 Å². The van der Waals surface area contributed by atoms with Crippen molar-refractivity contribution in [2.75, 3.05) is 33.6 Å². The van der Waals surface area contributed by atoms with Crippen LogP contribution in [0.25, 0.3) is 0 Å². The molecule has 1 nitrogen and oxygen atoms in total. The van der Waals surface area contributed by atoms with Crippen LogP contribution in [0.3, 0.4) is 0 Å². The quantitative estimate of drug-likeness (QED) is 0.282. The Labute approximate surface area is 104 Å². The zero-order chi connectivity index (χ0) is 9.44. The minimum atomic E-state index is 0. The first-order valence-electron chi connectivity index (χ1n) is 3.59. The van der Waals surface area contributed by atoms with E-state index in [0.29, 0.717) is 4.32 Å². The summed E-state index contributed by atoms with van der Waals surface area (Å²) in [5.74, 6) is 0. The van der Waals surface area contributed by atoms with E-state index in [1.54, 1.807) is 4.90 Å². The van der Waals surface area contributed by atoms with Crippen molar-refractivity contribution in [1.82, 2.24) is 4.90 Å². The van der Waals surface area contributed by atoms with E-state index in [1.807, 2.05) is 14.1 Å². The van der Waals surface area contributed by atoms with Crippen molar-refractivity contribution in [3.05, 3.63) is 0 Å². The van der Waals surface area contributed by atoms with Gasteiger partial charge in [-0.1, -0.05) is 4.32 Å². The van der Waals surface area contributed by atoms with Gasteiger partial charge in [0.2, 0.25) is 0 Å². The van der Waals surface area contributed by atoms with Crippen LogP contribution in [0.1, 0.15) is 6.92 Å². The molecule has 0 aliphatic heterocycles. The van der Waals surface area contributed by atoms with Crippen molar-refractivity contribution in [2.45, 2.75) is 6.92 Å². The number of hydrogen-bond donors (Lipinski definition) is 0. The van der Waals surface area contributed by atoms with Gasteiger partial charge in [-0.15, -0.1) is 0 Å². The molecule has 0 spiro atoms. The SMILES string of the molecule is CC[PH+](C)C.CN(C)C(=S)[S-].[Au+]. The van der Waals surface area contributed by atoms with Gasteiger partial charge < -0.3 is 29.7 Å². The third kappa shape index (κ3) is 22.5. The number of nitrogens with zero attached hydrogens (tertiary/aromatic N) is 1. The first-order valence-corrected chi connectivity index (χ1v) is 7.11. The molecule has 0 radical (unpaired) electrons.